The molecule has 120 valence electrons. The summed E-state index contributed by atoms with van der Waals surface area (Å²) in [5.41, 5.74) is 4.20. The Morgan fingerprint density at radius 1 is 1.04 bits per heavy atom. The fourth-order valence-electron chi connectivity index (χ4n) is 2.65. The van der Waals surface area contributed by atoms with Crippen molar-refractivity contribution >= 4 is 23.2 Å². The maximum atomic E-state index is 13.0. The smallest absolute Gasteiger partial charge is 0.274 e. The van der Waals surface area contributed by atoms with Gasteiger partial charge in [0.05, 0.1) is 28.8 Å². The standard InChI is InChI=1S/C18H13ClN2O3/c19-13-6-2-1-5-12(13)18(22)21-15(17-8-4-10-24-17)11-14(20-21)16-7-3-9-23-16/h1-11,15,20H/t15-/m0/s1. The van der Waals surface area contributed by atoms with E-state index in [1.54, 1.807) is 48.9 Å². The van der Waals surface area contributed by atoms with Crippen LogP contribution in [-0.4, -0.2) is 10.9 Å². The van der Waals surface area contributed by atoms with Gasteiger partial charge in [-0.1, -0.05) is 23.7 Å². The Labute approximate surface area is 143 Å². The third-order valence-electron chi connectivity index (χ3n) is 3.79. The first kappa shape index (κ1) is 14.7. The van der Waals surface area contributed by atoms with Gasteiger partial charge >= 0.3 is 0 Å². The molecule has 0 saturated carbocycles. The van der Waals surface area contributed by atoms with E-state index >= 15 is 0 Å². The minimum Gasteiger partial charge on any atom is -0.467 e. The van der Waals surface area contributed by atoms with Gasteiger partial charge < -0.3 is 8.83 Å². The van der Waals surface area contributed by atoms with Crippen molar-refractivity contribution in [2.75, 3.05) is 0 Å². The van der Waals surface area contributed by atoms with E-state index in [0.717, 1.165) is 0 Å². The number of amides is 1. The minimum atomic E-state index is -0.399. The lowest BCUT2D eigenvalue weighted by Crippen LogP contribution is -2.39. The molecule has 0 fully saturated rings. The highest BCUT2D eigenvalue weighted by atomic mass is 35.5. The van der Waals surface area contributed by atoms with E-state index in [1.807, 2.05) is 18.2 Å². The van der Waals surface area contributed by atoms with E-state index < -0.39 is 6.04 Å². The molecular weight excluding hydrogens is 328 g/mol. The van der Waals surface area contributed by atoms with Crippen molar-refractivity contribution in [3.05, 3.63) is 89.2 Å². The molecule has 4 rings (SSSR count). The molecule has 0 aliphatic carbocycles. The van der Waals surface area contributed by atoms with Gasteiger partial charge in [-0.2, -0.15) is 0 Å². The van der Waals surface area contributed by atoms with Crippen LogP contribution in [0, 0.1) is 0 Å². The lowest BCUT2D eigenvalue weighted by Gasteiger charge is -2.24. The fraction of sp³-hybridized carbons (Fsp3) is 0.0556. The van der Waals surface area contributed by atoms with Gasteiger partial charge in [0.15, 0.2) is 5.76 Å². The molecule has 1 aromatic carbocycles. The minimum absolute atomic E-state index is 0.250. The molecule has 2 aromatic heterocycles. The molecule has 1 aliphatic heterocycles. The lowest BCUT2D eigenvalue weighted by atomic mass is 10.1. The summed E-state index contributed by atoms with van der Waals surface area (Å²) >= 11 is 6.17. The Hall–Kier alpha value is -2.92. The molecule has 1 atom stereocenters. The number of furan rings is 2. The quantitative estimate of drug-likeness (QED) is 0.773. The summed E-state index contributed by atoms with van der Waals surface area (Å²) in [6.07, 6.45) is 5.04. The van der Waals surface area contributed by atoms with Crippen molar-refractivity contribution in [1.82, 2.24) is 10.4 Å². The highest BCUT2D eigenvalue weighted by Crippen LogP contribution is 2.33. The van der Waals surface area contributed by atoms with E-state index in [-0.39, 0.29) is 5.91 Å². The van der Waals surface area contributed by atoms with Gasteiger partial charge in [0.2, 0.25) is 0 Å². The number of rotatable bonds is 3. The molecule has 5 nitrogen and oxygen atoms in total. The highest BCUT2D eigenvalue weighted by Gasteiger charge is 2.34. The molecule has 0 bridgehead atoms. The van der Waals surface area contributed by atoms with Crippen molar-refractivity contribution < 1.29 is 13.6 Å². The van der Waals surface area contributed by atoms with Gasteiger partial charge in [0, 0.05) is 0 Å². The van der Waals surface area contributed by atoms with Crippen molar-refractivity contribution in [2.24, 2.45) is 0 Å². The van der Waals surface area contributed by atoms with Crippen LogP contribution in [0.5, 0.6) is 0 Å². The van der Waals surface area contributed by atoms with Crippen LogP contribution in [0.15, 0.2) is 76.0 Å². The first-order valence-electron chi connectivity index (χ1n) is 7.38. The Balaban J connectivity index is 1.72. The molecule has 24 heavy (non-hydrogen) atoms. The van der Waals surface area contributed by atoms with Crippen LogP contribution in [0.4, 0.5) is 0 Å². The number of halogens is 1. The second-order valence-electron chi connectivity index (χ2n) is 5.28. The Bertz CT molecular complexity index is 885. The van der Waals surface area contributed by atoms with E-state index in [4.69, 9.17) is 20.4 Å². The van der Waals surface area contributed by atoms with Gasteiger partial charge in [-0.3, -0.25) is 10.2 Å². The second kappa shape index (κ2) is 5.94. The molecule has 0 spiro atoms. The zero-order valence-corrected chi connectivity index (χ0v) is 13.2. The first-order chi connectivity index (χ1) is 11.7. The Kier molecular flexibility index (Phi) is 3.63. The number of carbonyl (C=O) groups excluding carboxylic acids is 1. The molecule has 3 heterocycles. The van der Waals surface area contributed by atoms with Gasteiger partial charge in [0.25, 0.3) is 5.91 Å². The summed E-state index contributed by atoms with van der Waals surface area (Å²) in [5, 5.41) is 1.88. The number of hydrogen-bond donors (Lipinski definition) is 1. The number of nitrogens with one attached hydrogen (secondary N) is 1. The molecule has 1 N–H and O–H groups in total. The average molecular weight is 341 g/mol. The topological polar surface area (TPSA) is 58.6 Å². The maximum Gasteiger partial charge on any atom is 0.274 e. The number of nitrogens with zero attached hydrogens (tertiary/aromatic N) is 1. The zero-order chi connectivity index (χ0) is 16.5. The van der Waals surface area contributed by atoms with Crippen LogP contribution in [0.2, 0.25) is 5.02 Å². The van der Waals surface area contributed by atoms with Crippen LogP contribution in [-0.2, 0) is 0 Å². The maximum absolute atomic E-state index is 13.0. The molecule has 1 amide bonds. The van der Waals surface area contributed by atoms with E-state index in [0.29, 0.717) is 27.8 Å². The summed E-state index contributed by atoms with van der Waals surface area (Å²) in [6, 6.07) is 13.8. The third kappa shape index (κ3) is 2.49. The average Bonchev–Trinajstić information content (AvgIpc) is 3.33. The van der Waals surface area contributed by atoms with Crippen LogP contribution < -0.4 is 5.43 Å². The number of benzene rings is 1. The fourth-order valence-corrected chi connectivity index (χ4v) is 2.87. The predicted molar refractivity (Wildman–Crippen MR) is 88.9 cm³/mol. The third-order valence-corrected chi connectivity index (χ3v) is 4.12. The summed E-state index contributed by atoms with van der Waals surface area (Å²) in [5.74, 6) is 1.03. The Morgan fingerprint density at radius 3 is 2.54 bits per heavy atom. The zero-order valence-electron chi connectivity index (χ0n) is 12.5. The Morgan fingerprint density at radius 2 is 1.83 bits per heavy atom. The molecule has 0 unspecified atom stereocenters. The molecular formula is C18H13ClN2O3. The summed E-state index contributed by atoms with van der Waals surface area (Å²) in [7, 11) is 0. The monoisotopic (exact) mass is 340 g/mol. The van der Waals surface area contributed by atoms with Crippen LogP contribution in [0.3, 0.4) is 0 Å². The predicted octanol–water partition coefficient (Wildman–Crippen LogP) is 4.27. The lowest BCUT2D eigenvalue weighted by molar-refractivity contribution is 0.0654. The highest BCUT2D eigenvalue weighted by molar-refractivity contribution is 6.33. The SMILES string of the molecule is O=C(c1ccccc1Cl)N1NC(c2ccco2)=C[C@H]1c1ccco1. The van der Waals surface area contributed by atoms with E-state index in [9.17, 15) is 4.79 Å². The number of hydrazine groups is 1. The molecule has 0 saturated heterocycles. The van der Waals surface area contributed by atoms with Crippen molar-refractivity contribution in [3.8, 4) is 0 Å². The largest absolute Gasteiger partial charge is 0.467 e. The number of hydrogen-bond acceptors (Lipinski definition) is 4. The van der Waals surface area contributed by atoms with Crippen molar-refractivity contribution in [3.63, 3.8) is 0 Å². The van der Waals surface area contributed by atoms with Crippen LogP contribution >= 0.6 is 11.6 Å². The second-order valence-corrected chi connectivity index (χ2v) is 5.69. The molecule has 3 aromatic rings. The van der Waals surface area contributed by atoms with Crippen LogP contribution in [0.25, 0.3) is 5.70 Å². The van der Waals surface area contributed by atoms with Crippen molar-refractivity contribution in [2.45, 2.75) is 6.04 Å². The summed E-state index contributed by atoms with van der Waals surface area (Å²) in [6.45, 7) is 0. The van der Waals surface area contributed by atoms with Crippen LogP contribution in [0.1, 0.15) is 27.9 Å². The molecule has 6 heteroatoms. The number of carbonyl (C=O) groups is 1. The van der Waals surface area contributed by atoms with Gasteiger partial charge in [-0.15, -0.1) is 0 Å². The van der Waals surface area contributed by atoms with E-state index in [2.05, 4.69) is 5.43 Å². The van der Waals surface area contributed by atoms with Crippen molar-refractivity contribution in [1.29, 1.82) is 0 Å². The van der Waals surface area contributed by atoms with Gasteiger partial charge in [-0.05, 0) is 42.5 Å². The van der Waals surface area contributed by atoms with E-state index in [1.165, 1.54) is 5.01 Å². The summed E-state index contributed by atoms with van der Waals surface area (Å²) in [4.78, 5) is 13.0. The molecule has 1 aliphatic rings. The normalized spacial score (nSPS) is 16.8. The van der Waals surface area contributed by atoms with Gasteiger partial charge in [0.1, 0.15) is 11.8 Å². The van der Waals surface area contributed by atoms with Gasteiger partial charge in [-0.25, -0.2) is 5.01 Å². The molecule has 0 radical (unpaired) electrons. The summed E-state index contributed by atoms with van der Waals surface area (Å²) < 4.78 is 10.9. The first-order valence-corrected chi connectivity index (χ1v) is 7.75.